The molecular weight excluding hydrogens is 314 g/mol. The average Bonchev–Trinajstić information content (AvgIpc) is 2.91. The Morgan fingerprint density at radius 2 is 1.83 bits per heavy atom. The average molecular weight is 329 g/mol. The second-order valence-electron chi connectivity index (χ2n) is 5.04. The quantitative estimate of drug-likeness (QED) is 0.770. The molecule has 23 heavy (non-hydrogen) atoms. The van der Waals surface area contributed by atoms with Crippen molar-refractivity contribution >= 4 is 15.7 Å². The van der Waals surface area contributed by atoms with Crippen LogP contribution in [-0.2, 0) is 17.1 Å². The number of nitrogens with one attached hydrogen (secondary N) is 1. The van der Waals surface area contributed by atoms with Gasteiger partial charge in [-0.2, -0.15) is 5.10 Å². The summed E-state index contributed by atoms with van der Waals surface area (Å²) in [4.78, 5) is 0.0783. The number of hydrogen-bond acceptors (Lipinski definition) is 4. The zero-order chi connectivity index (χ0) is 16.4. The number of rotatable bonds is 4. The number of phenols is 1. The van der Waals surface area contributed by atoms with E-state index in [1.54, 1.807) is 31.3 Å². The van der Waals surface area contributed by atoms with Gasteiger partial charge >= 0.3 is 0 Å². The van der Waals surface area contributed by atoms with E-state index >= 15 is 0 Å². The fourth-order valence-electron chi connectivity index (χ4n) is 2.24. The van der Waals surface area contributed by atoms with Crippen LogP contribution in [0.3, 0.4) is 0 Å². The molecule has 0 saturated carbocycles. The number of hydrogen-bond donors (Lipinski definition) is 2. The van der Waals surface area contributed by atoms with E-state index in [1.165, 1.54) is 23.0 Å². The van der Waals surface area contributed by atoms with Crippen LogP contribution in [0.2, 0.25) is 0 Å². The Bertz CT molecular complexity index is 934. The lowest BCUT2D eigenvalue weighted by Crippen LogP contribution is -2.13. The van der Waals surface area contributed by atoms with E-state index < -0.39 is 10.0 Å². The molecule has 0 spiro atoms. The number of anilines is 1. The highest BCUT2D eigenvalue weighted by molar-refractivity contribution is 7.92. The van der Waals surface area contributed by atoms with Crippen molar-refractivity contribution in [2.75, 3.05) is 4.72 Å². The highest BCUT2D eigenvalue weighted by Gasteiger charge is 2.23. The Hall–Kier alpha value is -2.80. The number of aromatic hydroxyl groups is 1. The Morgan fingerprint density at radius 1 is 1.09 bits per heavy atom. The second kappa shape index (κ2) is 5.77. The molecule has 0 bridgehead atoms. The van der Waals surface area contributed by atoms with Crippen LogP contribution in [0.4, 0.5) is 5.69 Å². The van der Waals surface area contributed by atoms with Gasteiger partial charge in [0.25, 0.3) is 10.0 Å². The summed E-state index contributed by atoms with van der Waals surface area (Å²) in [5, 5.41) is 13.7. The zero-order valence-electron chi connectivity index (χ0n) is 12.3. The summed E-state index contributed by atoms with van der Waals surface area (Å²) in [5.41, 5.74) is 1.37. The van der Waals surface area contributed by atoms with Crippen LogP contribution in [0.1, 0.15) is 0 Å². The van der Waals surface area contributed by atoms with Crippen molar-refractivity contribution in [2.45, 2.75) is 4.90 Å². The Morgan fingerprint density at radius 3 is 2.52 bits per heavy atom. The molecule has 6 nitrogen and oxygen atoms in total. The fraction of sp³-hybridized carbons (Fsp3) is 0.0625. The Labute approximate surface area is 134 Å². The number of sulfonamides is 1. The van der Waals surface area contributed by atoms with Gasteiger partial charge < -0.3 is 5.11 Å². The first-order valence-corrected chi connectivity index (χ1v) is 8.35. The van der Waals surface area contributed by atoms with Crippen molar-refractivity contribution in [3.63, 3.8) is 0 Å². The van der Waals surface area contributed by atoms with Crippen molar-refractivity contribution in [3.8, 4) is 17.0 Å². The van der Waals surface area contributed by atoms with Crippen molar-refractivity contribution in [3.05, 3.63) is 60.8 Å². The van der Waals surface area contributed by atoms with Gasteiger partial charge in [0.2, 0.25) is 0 Å². The minimum absolute atomic E-state index is 0.0142. The molecule has 3 aromatic rings. The van der Waals surface area contributed by atoms with E-state index in [4.69, 9.17) is 0 Å². The third-order valence-corrected chi connectivity index (χ3v) is 4.61. The molecule has 0 amide bonds. The molecule has 0 radical (unpaired) electrons. The number of aryl methyl sites for hydroxylation is 1. The van der Waals surface area contributed by atoms with Crippen LogP contribution in [0.25, 0.3) is 11.3 Å². The highest BCUT2D eigenvalue weighted by atomic mass is 32.2. The molecule has 0 atom stereocenters. The predicted octanol–water partition coefficient (Wildman–Crippen LogP) is 2.59. The molecule has 0 aliphatic rings. The van der Waals surface area contributed by atoms with Gasteiger partial charge in [-0.1, -0.05) is 36.4 Å². The van der Waals surface area contributed by atoms with E-state index in [-0.39, 0.29) is 16.3 Å². The second-order valence-corrected chi connectivity index (χ2v) is 6.69. The molecule has 0 unspecified atom stereocenters. The maximum atomic E-state index is 12.7. The van der Waals surface area contributed by atoms with Crippen LogP contribution < -0.4 is 4.72 Å². The summed E-state index contributed by atoms with van der Waals surface area (Å²) in [7, 11) is -2.17. The number of benzene rings is 2. The topological polar surface area (TPSA) is 84.2 Å². The van der Waals surface area contributed by atoms with Crippen LogP contribution >= 0.6 is 0 Å². The highest BCUT2D eigenvalue weighted by Crippen LogP contribution is 2.27. The maximum Gasteiger partial charge on any atom is 0.265 e. The molecule has 0 fully saturated rings. The predicted molar refractivity (Wildman–Crippen MR) is 87.6 cm³/mol. The molecule has 0 aliphatic heterocycles. The summed E-state index contributed by atoms with van der Waals surface area (Å²) in [6.45, 7) is 0. The van der Waals surface area contributed by atoms with Crippen molar-refractivity contribution in [1.29, 1.82) is 0 Å². The van der Waals surface area contributed by atoms with E-state index in [0.717, 1.165) is 0 Å². The van der Waals surface area contributed by atoms with E-state index in [1.807, 2.05) is 18.2 Å². The standard InChI is InChI=1S/C16H15N3O3S/c1-19-11-15(16(17-19)12-6-3-2-4-7-12)23(21,22)18-13-8-5-9-14(20)10-13/h2-11,18,20H,1H3. The first-order valence-electron chi connectivity index (χ1n) is 6.86. The van der Waals surface area contributed by atoms with Gasteiger partial charge in [0.1, 0.15) is 16.3 Å². The number of phenolic OH excluding ortho intramolecular Hbond substituents is 1. The SMILES string of the molecule is Cn1cc(S(=O)(=O)Nc2cccc(O)c2)c(-c2ccccc2)n1. The molecule has 1 aromatic heterocycles. The molecule has 2 N–H and O–H groups in total. The molecular formula is C16H15N3O3S. The van der Waals surface area contributed by atoms with Crippen molar-refractivity contribution < 1.29 is 13.5 Å². The molecule has 2 aromatic carbocycles. The molecule has 1 heterocycles. The molecule has 7 heteroatoms. The smallest absolute Gasteiger partial charge is 0.265 e. The summed E-state index contributed by atoms with van der Waals surface area (Å²) in [6, 6.07) is 15.0. The molecule has 118 valence electrons. The molecule has 0 saturated heterocycles. The van der Waals surface area contributed by atoms with Gasteiger partial charge in [-0.3, -0.25) is 9.40 Å². The minimum atomic E-state index is -3.83. The molecule has 3 rings (SSSR count). The van der Waals surface area contributed by atoms with Gasteiger partial charge in [-0.15, -0.1) is 0 Å². The minimum Gasteiger partial charge on any atom is -0.508 e. The number of aromatic nitrogens is 2. The van der Waals surface area contributed by atoms with Crippen LogP contribution in [0.15, 0.2) is 65.7 Å². The van der Waals surface area contributed by atoms with Crippen LogP contribution in [0, 0.1) is 0 Å². The van der Waals surface area contributed by atoms with Crippen LogP contribution in [-0.4, -0.2) is 23.3 Å². The normalized spacial score (nSPS) is 11.3. The first-order chi connectivity index (χ1) is 11.0. The van der Waals surface area contributed by atoms with E-state index in [2.05, 4.69) is 9.82 Å². The van der Waals surface area contributed by atoms with Crippen molar-refractivity contribution in [1.82, 2.24) is 9.78 Å². The summed E-state index contributed by atoms with van der Waals surface area (Å²) in [5.74, 6) is -0.0142. The largest absolute Gasteiger partial charge is 0.508 e. The third kappa shape index (κ3) is 3.19. The van der Waals surface area contributed by atoms with Crippen LogP contribution in [0.5, 0.6) is 5.75 Å². The molecule has 0 aliphatic carbocycles. The van der Waals surface area contributed by atoms with E-state index in [9.17, 15) is 13.5 Å². The van der Waals surface area contributed by atoms with Gasteiger partial charge in [0.15, 0.2) is 0 Å². The lowest BCUT2D eigenvalue weighted by molar-refractivity contribution is 0.475. The van der Waals surface area contributed by atoms with Gasteiger partial charge in [0, 0.05) is 24.9 Å². The monoisotopic (exact) mass is 329 g/mol. The van der Waals surface area contributed by atoms with Gasteiger partial charge in [-0.05, 0) is 12.1 Å². The van der Waals surface area contributed by atoms with E-state index in [0.29, 0.717) is 11.3 Å². The first kappa shape index (κ1) is 15.1. The maximum absolute atomic E-state index is 12.7. The summed E-state index contributed by atoms with van der Waals surface area (Å²) >= 11 is 0. The lowest BCUT2D eigenvalue weighted by atomic mass is 10.2. The summed E-state index contributed by atoms with van der Waals surface area (Å²) in [6.07, 6.45) is 1.45. The fourth-order valence-corrected chi connectivity index (χ4v) is 3.49. The van der Waals surface area contributed by atoms with Crippen molar-refractivity contribution in [2.24, 2.45) is 7.05 Å². The Kier molecular flexibility index (Phi) is 3.79. The summed E-state index contributed by atoms with van der Waals surface area (Å²) < 4.78 is 29.3. The lowest BCUT2D eigenvalue weighted by Gasteiger charge is -2.08. The van der Waals surface area contributed by atoms with Gasteiger partial charge in [0.05, 0.1) is 5.69 Å². The zero-order valence-corrected chi connectivity index (χ0v) is 13.2. The van der Waals surface area contributed by atoms with Gasteiger partial charge in [-0.25, -0.2) is 8.42 Å². The third-order valence-electron chi connectivity index (χ3n) is 3.23. The number of nitrogens with zero attached hydrogens (tertiary/aromatic N) is 2. The Balaban J connectivity index is 2.04.